The number of halogens is 1. The van der Waals surface area contributed by atoms with E-state index in [2.05, 4.69) is 132 Å². The number of fused-ring (bicyclic) bond motifs is 8. The maximum absolute atomic E-state index is 14.2. The highest BCUT2D eigenvalue weighted by Crippen LogP contribution is 2.59. The van der Waals surface area contributed by atoms with Gasteiger partial charge in [0.15, 0.2) is 0 Å². The highest BCUT2D eigenvalue weighted by atomic mass is 19.1. The van der Waals surface area contributed by atoms with Crippen molar-refractivity contribution in [2.24, 2.45) is 0 Å². The molecule has 9 rings (SSSR count). The molecule has 0 spiro atoms. The average Bonchev–Trinajstić information content (AvgIpc) is 3.39. The predicted molar refractivity (Wildman–Crippen MR) is 180 cm³/mol. The first-order valence-corrected chi connectivity index (χ1v) is 15.5. The van der Waals surface area contributed by atoms with Gasteiger partial charge in [0.25, 0.3) is 0 Å². The summed E-state index contributed by atoms with van der Waals surface area (Å²) in [5.74, 6) is -0.165. The molecule has 0 aromatic heterocycles. The zero-order valence-electron chi connectivity index (χ0n) is 24.3. The third-order valence-corrected chi connectivity index (χ3v) is 9.89. The quantitative estimate of drug-likeness (QED) is 0.192. The van der Waals surface area contributed by atoms with Gasteiger partial charge in [0, 0.05) is 17.9 Å². The Hall–Kier alpha value is -5.21. The van der Waals surface area contributed by atoms with E-state index in [1.54, 1.807) is 12.1 Å². The van der Waals surface area contributed by atoms with Crippen molar-refractivity contribution in [1.82, 2.24) is 0 Å². The van der Waals surface area contributed by atoms with Crippen molar-refractivity contribution in [2.75, 3.05) is 11.4 Å². The highest BCUT2D eigenvalue weighted by Gasteiger charge is 2.47. The molecule has 210 valence electrons. The second-order valence-corrected chi connectivity index (χ2v) is 12.1. The molecule has 7 aromatic rings. The molecular weight excluding hydrogens is 537 g/mol. The largest absolute Gasteiger partial charge is 0.341 e. The van der Waals surface area contributed by atoms with Gasteiger partial charge in [-0.3, -0.25) is 0 Å². The molecule has 0 bridgehead atoms. The Morgan fingerprint density at radius 2 is 1.30 bits per heavy atom. The fourth-order valence-corrected chi connectivity index (χ4v) is 8.06. The van der Waals surface area contributed by atoms with Crippen LogP contribution < -0.4 is 4.90 Å². The summed E-state index contributed by atoms with van der Waals surface area (Å²) < 4.78 is 14.2. The van der Waals surface area contributed by atoms with Gasteiger partial charge in [-0.1, -0.05) is 115 Å². The number of aryl methyl sites for hydroxylation is 1. The number of rotatable bonds is 3. The van der Waals surface area contributed by atoms with Gasteiger partial charge in [0.1, 0.15) is 5.82 Å². The molecule has 44 heavy (non-hydrogen) atoms. The standard InChI is InChI=1S/C42H30FN/c43-32-18-24-40-29(26-32)11-9-25-44(40)33-19-21-37-39(27-33)42(30-12-3-1-4-13-30,31-14-5-2-6-15-31)38-23-22-35-34-16-8-7-10-28(34)17-20-36(35)41(37)38/h1-8,10,12-24,26-27H,9,11,25H2. The second-order valence-electron chi connectivity index (χ2n) is 12.1. The van der Waals surface area contributed by atoms with Crippen LogP contribution in [0.15, 0.2) is 146 Å². The molecule has 0 saturated carbocycles. The van der Waals surface area contributed by atoms with Crippen LogP contribution in [0.5, 0.6) is 0 Å². The van der Waals surface area contributed by atoms with E-state index < -0.39 is 5.41 Å². The minimum atomic E-state index is -0.496. The smallest absolute Gasteiger partial charge is 0.123 e. The van der Waals surface area contributed by atoms with Crippen LogP contribution >= 0.6 is 0 Å². The number of hydrogen-bond donors (Lipinski definition) is 0. The molecule has 0 atom stereocenters. The Morgan fingerprint density at radius 3 is 2.09 bits per heavy atom. The molecule has 0 amide bonds. The number of hydrogen-bond acceptors (Lipinski definition) is 1. The molecule has 0 radical (unpaired) electrons. The summed E-state index contributed by atoms with van der Waals surface area (Å²) in [6, 6.07) is 52.2. The first kappa shape index (κ1) is 25.3. The Labute approximate surface area is 256 Å². The maximum Gasteiger partial charge on any atom is 0.123 e. The van der Waals surface area contributed by atoms with Crippen LogP contribution in [0.25, 0.3) is 32.7 Å². The molecular formula is C42H30FN. The van der Waals surface area contributed by atoms with Crippen molar-refractivity contribution < 1.29 is 4.39 Å². The zero-order chi connectivity index (χ0) is 29.3. The minimum Gasteiger partial charge on any atom is -0.341 e. The van der Waals surface area contributed by atoms with Gasteiger partial charge in [0.2, 0.25) is 0 Å². The van der Waals surface area contributed by atoms with Crippen molar-refractivity contribution in [3.8, 4) is 11.1 Å². The first-order valence-electron chi connectivity index (χ1n) is 15.5. The molecule has 1 aliphatic carbocycles. The molecule has 1 aliphatic heterocycles. The van der Waals surface area contributed by atoms with Crippen LogP contribution in [-0.2, 0) is 11.8 Å². The van der Waals surface area contributed by atoms with E-state index in [4.69, 9.17) is 0 Å². The van der Waals surface area contributed by atoms with E-state index >= 15 is 0 Å². The summed E-state index contributed by atoms with van der Waals surface area (Å²) in [4.78, 5) is 2.38. The highest BCUT2D eigenvalue weighted by molar-refractivity contribution is 6.14. The summed E-state index contributed by atoms with van der Waals surface area (Å²) in [5.41, 5.74) is 10.5. The summed E-state index contributed by atoms with van der Waals surface area (Å²) in [7, 11) is 0. The van der Waals surface area contributed by atoms with Crippen molar-refractivity contribution in [3.05, 3.63) is 179 Å². The molecule has 0 N–H and O–H groups in total. The Balaban J connectivity index is 1.39. The summed E-state index contributed by atoms with van der Waals surface area (Å²) in [6.45, 7) is 0.906. The third-order valence-electron chi connectivity index (χ3n) is 9.89. The number of anilines is 2. The van der Waals surface area contributed by atoms with E-state index in [9.17, 15) is 4.39 Å². The molecule has 1 nitrogen and oxygen atoms in total. The Kier molecular flexibility index (Phi) is 5.55. The maximum atomic E-state index is 14.2. The first-order chi connectivity index (χ1) is 21.7. The Bertz CT molecular complexity index is 2180. The lowest BCUT2D eigenvalue weighted by Crippen LogP contribution is -2.29. The summed E-state index contributed by atoms with van der Waals surface area (Å²) >= 11 is 0. The number of nitrogens with zero attached hydrogens (tertiary/aromatic N) is 1. The average molecular weight is 568 g/mol. The lowest BCUT2D eigenvalue weighted by atomic mass is 9.67. The molecule has 7 aromatic carbocycles. The monoisotopic (exact) mass is 567 g/mol. The fraction of sp³-hybridized carbons (Fsp3) is 0.0952. The van der Waals surface area contributed by atoms with Gasteiger partial charge in [0.05, 0.1) is 5.41 Å². The molecule has 2 aliphatic rings. The zero-order valence-corrected chi connectivity index (χ0v) is 24.3. The van der Waals surface area contributed by atoms with Gasteiger partial charge >= 0.3 is 0 Å². The molecule has 0 fully saturated rings. The van der Waals surface area contributed by atoms with Crippen LogP contribution in [0.1, 0.15) is 34.2 Å². The van der Waals surface area contributed by atoms with Gasteiger partial charge in [-0.25, -0.2) is 4.39 Å². The topological polar surface area (TPSA) is 3.24 Å². The van der Waals surface area contributed by atoms with E-state index in [0.29, 0.717) is 0 Å². The lowest BCUT2D eigenvalue weighted by Gasteiger charge is -2.36. The molecule has 1 heterocycles. The molecule has 0 unspecified atom stereocenters. The van der Waals surface area contributed by atoms with E-state index in [-0.39, 0.29) is 5.82 Å². The van der Waals surface area contributed by atoms with E-state index in [1.807, 2.05) is 6.07 Å². The van der Waals surface area contributed by atoms with Crippen molar-refractivity contribution in [3.63, 3.8) is 0 Å². The Morgan fingerprint density at radius 1 is 0.568 bits per heavy atom. The van der Waals surface area contributed by atoms with Crippen LogP contribution in [-0.4, -0.2) is 6.54 Å². The third kappa shape index (κ3) is 3.51. The SMILES string of the molecule is Fc1ccc2c(c1)CCCN2c1ccc2c(c1)C(c1ccccc1)(c1ccccc1)c1ccc3c(ccc4ccccc43)c1-2. The lowest BCUT2D eigenvalue weighted by molar-refractivity contribution is 0.622. The van der Waals surface area contributed by atoms with Crippen molar-refractivity contribution >= 4 is 32.9 Å². The van der Waals surface area contributed by atoms with Gasteiger partial charge in [-0.2, -0.15) is 0 Å². The predicted octanol–water partition coefficient (Wildman–Crippen LogP) is 10.6. The van der Waals surface area contributed by atoms with Crippen molar-refractivity contribution in [2.45, 2.75) is 18.3 Å². The minimum absolute atomic E-state index is 0.165. The van der Waals surface area contributed by atoms with Crippen LogP contribution in [0.2, 0.25) is 0 Å². The van der Waals surface area contributed by atoms with E-state index in [0.717, 1.165) is 36.3 Å². The van der Waals surface area contributed by atoms with Gasteiger partial charge in [-0.15, -0.1) is 0 Å². The summed E-state index contributed by atoms with van der Waals surface area (Å²) in [6.07, 6.45) is 1.89. The van der Waals surface area contributed by atoms with Crippen molar-refractivity contribution in [1.29, 1.82) is 0 Å². The fourth-order valence-electron chi connectivity index (χ4n) is 8.06. The molecule has 0 saturated heterocycles. The normalized spacial score (nSPS) is 14.8. The van der Waals surface area contributed by atoms with Crippen LogP contribution in [0.4, 0.5) is 15.8 Å². The van der Waals surface area contributed by atoms with Gasteiger partial charge < -0.3 is 4.90 Å². The number of benzene rings is 7. The van der Waals surface area contributed by atoms with E-state index in [1.165, 1.54) is 54.9 Å². The summed E-state index contributed by atoms with van der Waals surface area (Å²) in [5, 5.41) is 5.09. The van der Waals surface area contributed by atoms with Gasteiger partial charge in [-0.05, 0) is 104 Å². The second kappa shape index (κ2) is 9.65. The molecule has 2 heteroatoms. The van der Waals surface area contributed by atoms with Crippen LogP contribution in [0, 0.1) is 5.82 Å². The van der Waals surface area contributed by atoms with Crippen LogP contribution in [0.3, 0.4) is 0 Å².